The highest BCUT2D eigenvalue weighted by Gasteiger charge is 2.19. The van der Waals surface area contributed by atoms with Gasteiger partial charge in [-0.15, -0.1) is 34.0 Å². The van der Waals surface area contributed by atoms with Crippen LogP contribution < -0.4 is 31.9 Å². The van der Waals surface area contributed by atoms with Gasteiger partial charge in [0.15, 0.2) is 0 Å². The zero-order chi connectivity index (χ0) is 43.9. The number of rotatable bonds is 8. The summed E-state index contributed by atoms with van der Waals surface area (Å²) in [5, 5.41) is 16.4. The molecule has 16 heteroatoms. The number of nitrogens with one attached hydrogen (secondary N) is 6. The molecule has 6 rings (SSSR count). The highest BCUT2D eigenvalue weighted by atomic mass is 32.1. The molecule has 0 bridgehead atoms. The summed E-state index contributed by atoms with van der Waals surface area (Å²) in [4.78, 5) is 63.9. The number of thiophene rings is 3. The summed E-state index contributed by atoms with van der Waals surface area (Å²) in [6.45, 7) is 13.7. The van der Waals surface area contributed by atoms with Crippen LogP contribution >= 0.6 is 34.0 Å². The number of benzene rings is 3. The minimum atomic E-state index is -0.460. The predicted molar refractivity (Wildman–Crippen MR) is 246 cm³/mol. The van der Waals surface area contributed by atoms with Crippen LogP contribution in [-0.2, 0) is 9.47 Å². The molecule has 314 valence electrons. The number of esters is 2. The Hall–Kier alpha value is -6.49. The Morgan fingerprint density at radius 2 is 0.683 bits per heavy atom. The van der Waals surface area contributed by atoms with Crippen molar-refractivity contribution in [3.63, 3.8) is 0 Å². The summed E-state index contributed by atoms with van der Waals surface area (Å²) in [6.07, 6.45) is 0. The minimum Gasteiger partial charge on any atom is -0.465 e. The maximum Gasteiger partial charge on any atom is 0.350 e. The standard InChI is InChI=1S/2C15H16N2O3S.C14H16N2OS/c2*1-9-4-6-11(7-5-9)16-15(19)17-12-8-10(2)21-13(12)14(18)20-3;1-9-4-6-12(7-5-9)15-14(17)16-13-8-10(2)18-11(13)3/h2*4-8H,1-3H3,(H2,16,17,19);4-8H,1-3H3,(H2,15,16,17). The fraction of sp³-hybridized carbons (Fsp3) is 0.205. The van der Waals surface area contributed by atoms with E-state index >= 15 is 0 Å². The molecule has 60 heavy (non-hydrogen) atoms. The van der Waals surface area contributed by atoms with E-state index < -0.39 is 24.0 Å². The third kappa shape index (κ3) is 14.4. The molecule has 0 unspecified atom stereocenters. The van der Waals surface area contributed by atoms with Gasteiger partial charge in [-0.1, -0.05) is 53.1 Å². The molecular formula is C44H48N6O7S3. The molecule has 0 radical (unpaired) electrons. The number of urea groups is 3. The van der Waals surface area contributed by atoms with Crippen LogP contribution in [0.15, 0.2) is 91.0 Å². The fourth-order valence-corrected chi connectivity index (χ4v) is 7.87. The quantitative estimate of drug-likeness (QED) is 0.0825. The van der Waals surface area contributed by atoms with Crippen molar-refractivity contribution in [3.8, 4) is 0 Å². The second-order valence-electron chi connectivity index (χ2n) is 13.3. The molecule has 0 aliphatic rings. The molecule has 0 saturated carbocycles. The lowest BCUT2D eigenvalue weighted by molar-refractivity contribution is 0.0598. The van der Waals surface area contributed by atoms with E-state index in [0.717, 1.165) is 37.1 Å². The van der Waals surface area contributed by atoms with Crippen LogP contribution in [0.25, 0.3) is 0 Å². The number of methoxy groups -OCH3 is 2. The highest BCUT2D eigenvalue weighted by molar-refractivity contribution is 7.15. The van der Waals surface area contributed by atoms with E-state index in [1.165, 1.54) is 47.3 Å². The van der Waals surface area contributed by atoms with Crippen molar-refractivity contribution in [1.82, 2.24) is 0 Å². The zero-order valence-corrected chi connectivity index (χ0v) is 37.2. The summed E-state index contributed by atoms with van der Waals surface area (Å²) in [7, 11) is 2.63. The Morgan fingerprint density at radius 1 is 0.400 bits per heavy atom. The Bertz CT molecular complexity index is 2300. The molecule has 3 aromatic heterocycles. The number of carbonyl (C=O) groups excluding carboxylic acids is 5. The largest absolute Gasteiger partial charge is 0.465 e. The maximum absolute atomic E-state index is 12.0. The number of hydrogen-bond acceptors (Lipinski definition) is 10. The van der Waals surface area contributed by atoms with Crippen molar-refractivity contribution in [2.24, 2.45) is 0 Å². The number of aryl methyl sites for hydroxylation is 7. The van der Waals surface area contributed by atoms with Crippen molar-refractivity contribution in [1.29, 1.82) is 0 Å². The topological polar surface area (TPSA) is 176 Å². The van der Waals surface area contributed by atoms with Crippen molar-refractivity contribution >= 4 is 98.2 Å². The van der Waals surface area contributed by atoms with Gasteiger partial charge in [0.05, 0.1) is 31.3 Å². The molecule has 0 aliphatic carbocycles. The highest BCUT2D eigenvalue weighted by Crippen LogP contribution is 2.29. The van der Waals surface area contributed by atoms with Crippen molar-refractivity contribution < 1.29 is 33.4 Å². The van der Waals surface area contributed by atoms with Crippen LogP contribution in [0, 0.1) is 48.5 Å². The zero-order valence-electron chi connectivity index (χ0n) is 34.7. The van der Waals surface area contributed by atoms with Crippen LogP contribution in [0.2, 0.25) is 0 Å². The van der Waals surface area contributed by atoms with Crippen molar-refractivity contribution in [3.05, 3.63) is 137 Å². The van der Waals surface area contributed by atoms with Crippen LogP contribution in [-0.4, -0.2) is 44.3 Å². The van der Waals surface area contributed by atoms with Crippen LogP contribution in [0.5, 0.6) is 0 Å². The molecule has 0 atom stereocenters. The first-order chi connectivity index (χ1) is 28.5. The molecule has 3 aromatic carbocycles. The third-order valence-electron chi connectivity index (χ3n) is 8.17. The van der Waals surface area contributed by atoms with Gasteiger partial charge in [0.25, 0.3) is 0 Å². The number of anilines is 6. The average Bonchev–Trinajstić information content (AvgIpc) is 3.87. The number of carbonyl (C=O) groups is 5. The SMILES string of the molecule is COC(=O)c1sc(C)cc1NC(=O)Nc1ccc(C)cc1.COC(=O)c1sc(C)cc1NC(=O)Nc1ccc(C)cc1.Cc1ccc(NC(=O)Nc2cc(C)sc2C)cc1. The van der Waals surface area contributed by atoms with E-state index in [0.29, 0.717) is 32.5 Å². The van der Waals surface area contributed by atoms with Gasteiger partial charge < -0.3 is 41.4 Å². The molecule has 6 amide bonds. The van der Waals surface area contributed by atoms with E-state index in [2.05, 4.69) is 31.9 Å². The number of amides is 6. The average molecular weight is 869 g/mol. The fourth-order valence-electron chi connectivity index (χ4n) is 5.22. The summed E-state index contributed by atoms with van der Waals surface area (Å²) in [6, 6.07) is 27.1. The summed E-state index contributed by atoms with van der Waals surface area (Å²) in [5.74, 6) is -0.919. The molecule has 6 N–H and O–H groups in total. The van der Waals surface area contributed by atoms with Gasteiger partial charge in [-0.25, -0.2) is 24.0 Å². The Balaban J connectivity index is 0.000000199. The molecule has 0 fully saturated rings. The van der Waals surface area contributed by atoms with Gasteiger partial charge in [-0.2, -0.15) is 0 Å². The second kappa shape index (κ2) is 22.0. The minimum absolute atomic E-state index is 0.209. The summed E-state index contributed by atoms with van der Waals surface area (Å²) < 4.78 is 9.41. The Labute approximate surface area is 361 Å². The van der Waals surface area contributed by atoms with Gasteiger partial charge >= 0.3 is 30.0 Å². The molecule has 0 spiro atoms. The molecule has 3 heterocycles. The lowest BCUT2D eigenvalue weighted by Crippen LogP contribution is -2.20. The van der Waals surface area contributed by atoms with Crippen LogP contribution in [0.3, 0.4) is 0 Å². The maximum atomic E-state index is 12.0. The monoisotopic (exact) mass is 868 g/mol. The van der Waals surface area contributed by atoms with Crippen molar-refractivity contribution in [2.75, 3.05) is 46.1 Å². The third-order valence-corrected chi connectivity index (χ3v) is 11.2. The van der Waals surface area contributed by atoms with E-state index in [-0.39, 0.29) is 6.03 Å². The summed E-state index contributed by atoms with van der Waals surface area (Å²) in [5.41, 5.74) is 7.34. The molecule has 0 saturated heterocycles. The first-order valence-electron chi connectivity index (χ1n) is 18.4. The number of ether oxygens (including phenoxy) is 2. The lowest BCUT2D eigenvalue weighted by Gasteiger charge is -2.08. The first kappa shape index (κ1) is 46.2. The molecule has 6 aromatic rings. The van der Waals surface area contributed by atoms with Gasteiger partial charge in [-0.05, 0) is 103 Å². The first-order valence-corrected chi connectivity index (χ1v) is 20.9. The van der Waals surface area contributed by atoms with Gasteiger partial charge in [0.1, 0.15) is 9.75 Å². The number of hydrogen-bond donors (Lipinski definition) is 6. The van der Waals surface area contributed by atoms with E-state index in [4.69, 9.17) is 9.47 Å². The Kier molecular flexibility index (Phi) is 17.0. The molecule has 13 nitrogen and oxygen atoms in total. The van der Waals surface area contributed by atoms with Crippen LogP contribution in [0.1, 0.15) is 55.5 Å². The van der Waals surface area contributed by atoms with Gasteiger partial charge in [0.2, 0.25) is 0 Å². The predicted octanol–water partition coefficient (Wildman–Crippen LogP) is 11.9. The van der Waals surface area contributed by atoms with Gasteiger partial charge in [-0.3, -0.25) is 0 Å². The van der Waals surface area contributed by atoms with E-state index in [9.17, 15) is 24.0 Å². The molecule has 0 aliphatic heterocycles. The van der Waals surface area contributed by atoms with Crippen LogP contribution in [0.4, 0.5) is 48.5 Å². The normalized spacial score (nSPS) is 10.1. The Morgan fingerprint density at radius 3 is 0.967 bits per heavy atom. The second-order valence-corrected chi connectivity index (χ2v) is 17.3. The smallest absolute Gasteiger partial charge is 0.350 e. The lowest BCUT2D eigenvalue weighted by atomic mass is 10.2. The van der Waals surface area contributed by atoms with Gasteiger partial charge in [0, 0.05) is 36.6 Å². The van der Waals surface area contributed by atoms with Crippen molar-refractivity contribution in [2.45, 2.75) is 48.5 Å². The van der Waals surface area contributed by atoms with E-state index in [1.807, 2.05) is 127 Å². The van der Waals surface area contributed by atoms with E-state index in [1.54, 1.807) is 23.5 Å². The molecular weight excluding hydrogens is 821 g/mol. The summed E-state index contributed by atoms with van der Waals surface area (Å²) >= 11 is 4.24.